The lowest BCUT2D eigenvalue weighted by Crippen LogP contribution is -2.51. The summed E-state index contributed by atoms with van der Waals surface area (Å²) in [6.07, 6.45) is 6.56. The molecule has 6 heterocycles. The molecular weight excluding hydrogens is 502 g/mol. The van der Waals surface area contributed by atoms with Crippen LogP contribution in [0, 0.1) is 5.82 Å². The number of benzene rings is 1. The van der Waals surface area contributed by atoms with E-state index < -0.39 is 11.5 Å². The number of halogens is 2. The van der Waals surface area contributed by atoms with E-state index in [4.69, 9.17) is 0 Å². The molecular formula is C29H28F2N6O2. The average Bonchev–Trinajstić information content (AvgIpc) is 3.56. The molecule has 0 radical (unpaired) electrons. The number of amides is 2. The van der Waals surface area contributed by atoms with Crippen molar-refractivity contribution in [2.24, 2.45) is 0 Å². The summed E-state index contributed by atoms with van der Waals surface area (Å²) in [6.45, 7) is 3.39. The first kappa shape index (κ1) is 23.9. The highest BCUT2D eigenvalue weighted by Crippen LogP contribution is 2.37. The summed E-state index contributed by atoms with van der Waals surface area (Å²) < 4.78 is 33.6. The SMILES string of the molecule is CC1(F)CCCN(C(=O)N2CCn3cc(C4=C(c5cnc6ccccn56)C(=O)CN4)c4cc(F)cc(c43)C2)C1. The Morgan fingerprint density at radius 3 is 2.87 bits per heavy atom. The van der Waals surface area contributed by atoms with Crippen LogP contribution in [0.25, 0.3) is 27.8 Å². The molecule has 1 N–H and O–H groups in total. The maximum Gasteiger partial charge on any atom is 0.320 e. The predicted molar refractivity (Wildman–Crippen MR) is 143 cm³/mol. The van der Waals surface area contributed by atoms with Crippen molar-refractivity contribution in [2.75, 3.05) is 26.2 Å². The van der Waals surface area contributed by atoms with Gasteiger partial charge in [-0.15, -0.1) is 0 Å². The minimum absolute atomic E-state index is 0.0570. The molecule has 7 rings (SSSR count). The predicted octanol–water partition coefficient (Wildman–Crippen LogP) is 4.23. The number of ketones is 1. The quantitative estimate of drug-likeness (QED) is 0.421. The van der Waals surface area contributed by atoms with E-state index in [-0.39, 0.29) is 31.4 Å². The van der Waals surface area contributed by atoms with Gasteiger partial charge < -0.3 is 19.7 Å². The molecule has 3 aromatic heterocycles. The van der Waals surface area contributed by atoms with Gasteiger partial charge in [-0.05, 0) is 49.6 Å². The summed E-state index contributed by atoms with van der Waals surface area (Å²) in [6, 6.07) is 8.39. The Morgan fingerprint density at radius 1 is 1.15 bits per heavy atom. The highest BCUT2D eigenvalue weighted by molar-refractivity contribution is 6.32. The van der Waals surface area contributed by atoms with Crippen molar-refractivity contribution in [3.8, 4) is 0 Å². The van der Waals surface area contributed by atoms with Crippen LogP contribution in [-0.4, -0.2) is 67.4 Å². The van der Waals surface area contributed by atoms with Gasteiger partial charge in [-0.2, -0.15) is 0 Å². The van der Waals surface area contributed by atoms with E-state index in [1.807, 2.05) is 39.6 Å². The van der Waals surface area contributed by atoms with Crippen LogP contribution in [0.3, 0.4) is 0 Å². The molecule has 2 amide bonds. The smallest absolute Gasteiger partial charge is 0.320 e. The molecule has 1 unspecified atom stereocenters. The Morgan fingerprint density at radius 2 is 2.03 bits per heavy atom. The highest BCUT2D eigenvalue weighted by Gasteiger charge is 2.36. The Kier molecular flexibility index (Phi) is 5.30. The lowest BCUT2D eigenvalue weighted by Gasteiger charge is -2.38. The van der Waals surface area contributed by atoms with Crippen molar-refractivity contribution in [1.82, 2.24) is 29.1 Å². The van der Waals surface area contributed by atoms with Crippen molar-refractivity contribution in [3.05, 3.63) is 71.6 Å². The number of fused-ring (bicyclic) bond motifs is 1. The molecule has 1 saturated heterocycles. The van der Waals surface area contributed by atoms with Gasteiger partial charge in [0.25, 0.3) is 0 Å². The summed E-state index contributed by atoms with van der Waals surface area (Å²) in [5.41, 5.74) is 3.44. The van der Waals surface area contributed by atoms with Gasteiger partial charge in [0.1, 0.15) is 17.1 Å². The molecule has 4 aromatic rings. The van der Waals surface area contributed by atoms with E-state index in [0.29, 0.717) is 60.4 Å². The fraction of sp³-hybridized carbons (Fsp3) is 0.345. The zero-order valence-corrected chi connectivity index (χ0v) is 21.6. The lowest BCUT2D eigenvalue weighted by molar-refractivity contribution is -0.112. The molecule has 0 spiro atoms. The zero-order valence-electron chi connectivity index (χ0n) is 21.6. The number of imidazole rings is 1. The van der Waals surface area contributed by atoms with Crippen LogP contribution in [0.5, 0.6) is 0 Å². The molecule has 3 aliphatic heterocycles. The number of piperidine rings is 1. The molecule has 200 valence electrons. The van der Waals surface area contributed by atoms with Gasteiger partial charge in [-0.25, -0.2) is 18.6 Å². The van der Waals surface area contributed by atoms with Gasteiger partial charge >= 0.3 is 6.03 Å². The maximum absolute atomic E-state index is 15.1. The molecule has 10 heteroatoms. The fourth-order valence-corrected chi connectivity index (χ4v) is 6.32. The number of pyridine rings is 1. The highest BCUT2D eigenvalue weighted by atomic mass is 19.1. The standard InChI is InChI=1S/C29H28F2N6O2/c1-29(31)6-4-7-36(17-29)28(39)35-10-9-34-16-21(20-12-19(30)11-18(15-35)27(20)34)26-25(23(38)14-33-26)22-13-32-24-5-2-3-8-37(22)24/h2-3,5,8,11-13,16,33H,4,6-7,9-10,14-15,17H2,1H3. The third-order valence-corrected chi connectivity index (χ3v) is 8.07. The van der Waals surface area contributed by atoms with Crippen LogP contribution in [0.1, 0.15) is 36.6 Å². The average molecular weight is 531 g/mol. The number of Topliss-reactive ketones (excluding diaryl/α,β-unsaturated/α-hetero) is 1. The number of urea groups is 1. The molecule has 8 nitrogen and oxygen atoms in total. The number of likely N-dealkylation sites (tertiary alicyclic amines) is 1. The number of nitrogens with zero attached hydrogens (tertiary/aromatic N) is 5. The van der Waals surface area contributed by atoms with Crippen LogP contribution in [0.15, 0.2) is 48.9 Å². The lowest BCUT2D eigenvalue weighted by atomic mass is 9.97. The second-order valence-corrected chi connectivity index (χ2v) is 10.9. The van der Waals surface area contributed by atoms with E-state index in [9.17, 15) is 14.0 Å². The largest absolute Gasteiger partial charge is 0.376 e. The second kappa shape index (κ2) is 8.65. The molecule has 0 aliphatic carbocycles. The Bertz CT molecular complexity index is 1700. The number of rotatable bonds is 2. The van der Waals surface area contributed by atoms with Gasteiger partial charge in [0, 0.05) is 49.5 Å². The van der Waals surface area contributed by atoms with Crippen molar-refractivity contribution in [2.45, 2.75) is 38.5 Å². The van der Waals surface area contributed by atoms with Gasteiger partial charge in [0.05, 0.1) is 41.8 Å². The van der Waals surface area contributed by atoms with Crippen LogP contribution < -0.4 is 5.32 Å². The molecule has 39 heavy (non-hydrogen) atoms. The first-order valence-corrected chi connectivity index (χ1v) is 13.3. The van der Waals surface area contributed by atoms with E-state index in [1.165, 1.54) is 19.1 Å². The van der Waals surface area contributed by atoms with Gasteiger partial charge in [0.2, 0.25) is 0 Å². The Labute approximate surface area is 223 Å². The first-order valence-electron chi connectivity index (χ1n) is 13.3. The molecule has 1 aromatic carbocycles. The molecule has 0 bridgehead atoms. The van der Waals surface area contributed by atoms with Gasteiger partial charge in [0.15, 0.2) is 5.78 Å². The van der Waals surface area contributed by atoms with E-state index in [1.54, 1.807) is 16.0 Å². The van der Waals surface area contributed by atoms with Crippen LogP contribution in [-0.2, 0) is 17.9 Å². The number of carbonyl (C=O) groups excluding carboxylic acids is 2. The number of alkyl halides is 1. The molecule has 3 aliphatic rings. The summed E-state index contributed by atoms with van der Waals surface area (Å²) >= 11 is 0. The third-order valence-electron chi connectivity index (χ3n) is 8.07. The fourth-order valence-electron chi connectivity index (χ4n) is 6.32. The van der Waals surface area contributed by atoms with Gasteiger partial charge in [-0.1, -0.05) is 6.07 Å². The van der Waals surface area contributed by atoms with Crippen LogP contribution in [0.2, 0.25) is 0 Å². The van der Waals surface area contributed by atoms with Crippen molar-refractivity contribution in [3.63, 3.8) is 0 Å². The molecule has 0 saturated carbocycles. The number of carbonyl (C=O) groups is 2. The van der Waals surface area contributed by atoms with E-state index in [2.05, 4.69) is 10.3 Å². The van der Waals surface area contributed by atoms with Crippen molar-refractivity contribution >= 4 is 39.6 Å². The number of aromatic nitrogens is 3. The van der Waals surface area contributed by atoms with E-state index >= 15 is 4.39 Å². The number of hydrogen-bond acceptors (Lipinski definition) is 4. The minimum atomic E-state index is -1.40. The number of nitrogens with one attached hydrogen (secondary N) is 1. The third kappa shape index (κ3) is 3.88. The van der Waals surface area contributed by atoms with Crippen LogP contribution >= 0.6 is 0 Å². The summed E-state index contributed by atoms with van der Waals surface area (Å²) in [7, 11) is 0. The molecule has 1 atom stereocenters. The van der Waals surface area contributed by atoms with Crippen LogP contribution in [0.4, 0.5) is 13.6 Å². The topological polar surface area (TPSA) is 74.9 Å². The van der Waals surface area contributed by atoms with Crippen molar-refractivity contribution in [1.29, 1.82) is 0 Å². The zero-order chi connectivity index (χ0) is 26.9. The van der Waals surface area contributed by atoms with Gasteiger partial charge in [-0.3, -0.25) is 9.20 Å². The Balaban J connectivity index is 1.31. The Hall–Kier alpha value is -4.21. The summed E-state index contributed by atoms with van der Waals surface area (Å²) in [5, 5.41) is 3.93. The second-order valence-electron chi connectivity index (χ2n) is 10.9. The normalized spacial score (nSPS) is 21.7. The van der Waals surface area contributed by atoms with Crippen molar-refractivity contribution < 1.29 is 18.4 Å². The molecule has 1 fully saturated rings. The summed E-state index contributed by atoms with van der Waals surface area (Å²) in [5.74, 6) is -0.472. The maximum atomic E-state index is 15.1. The number of hydrogen-bond donors (Lipinski definition) is 1. The van der Waals surface area contributed by atoms with E-state index in [0.717, 1.165) is 16.7 Å². The summed E-state index contributed by atoms with van der Waals surface area (Å²) in [4.78, 5) is 34.2. The monoisotopic (exact) mass is 530 g/mol. The minimum Gasteiger partial charge on any atom is -0.376 e. The first-order chi connectivity index (χ1) is 18.8.